The van der Waals surface area contributed by atoms with E-state index in [2.05, 4.69) is 48.4 Å². The zero-order valence-corrected chi connectivity index (χ0v) is 10.2. The maximum atomic E-state index is 2.45. The van der Waals surface area contributed by atoms with E-state index in [1.807, 2.05) is 0 Å². The Bertz CT molecular complexity index is 329. The van der Waals surface area contributed by atoms with Gasteiger partial charge in [-0.15, -0.1) is 0 Å². The summed E-state index contributed by atoms with van der Waals surface area (Å²) in [5.41, 5.74) is 2.63. The van der Waals surface area contributed by atoms with Crippen molar-refractivity contribution in [2.45, 2.75) is 32.6 Å². The second kappa shape index (κ2) is 5.74. The maximum Gasteiger partial charge on any atom is 0.0172 e. The lowest BCUT2D eigenvalue weighted by Gasteiger charge is -2.16. The van der Waals surface area contributed by atoms with Crippen LogP contribution in [0.3, 0.4) is 0 Å². The van der Waals surface area contributed by atoms with Gasteiger partial charge in [-0.2, -0.15) is 0 Å². The first kappa shape index (κ1) is 11.3. The zero-order chi connectivity index (χ0) is 11.2. The molecule has 1 aliphatic heterocycles. The van der Waals surface area contributed by atoms with Crippen LogP contribution in [0.4, 0.5) is 0 Å². The van der Waals surface area contributed by atoms with Crippen molar-refractivity contribution in [3.8, 4) is 0 Å². The lowest BCUT2D eigenvalue weighted by Crippen LogP contribution is -2.17. The van der Waals surface area contributed by atoms with Crippen molar-refractivity contribution < 1.29 is 0 Å². The summed E-state index contributed by atoms with van der Waals surface area (Å²) < 4.78 is 0. The predicted octanol–water partition coefficient (Wildman–Crippen LogP) is 3.84. The average Bonchev–Trinajstić information content (AvgIpc) is 2.57. The van der Waals surface area contributed by atoms with Gasteiger partial charge in [0.2, 0.25) is 0 Å². The molecule has 0 saturated carbocycles. The molecule has 1 aliphatic rings. The van der Waals surface area contributed by atoms with E-state index in [9.17, 15) is 0 Å². The number of aryl methyl sites for hydroxylation is 1. The lowest BCUT2D eigenvalue weighted by molar-refractivity contribution is 0.394. The summed E-state index contributed by atoms with van der Waals surface area (Å²) in [4.78, 5) is 2.45. The molecule has 1 aromatic rings. The molecule has 0 aromatic heterocycles. The van der Waals surface area contributed by atoms with E-state index >= 15 is 0 Å². The standard InChI is InChI=1S/C15H21N/c1-14-6-8-15(9-7-14)10-13-16-11-4-2-3-5-12-16/h6-10,13H,2-5,11-12H2,1H3/b13-10+. The largest absolute Gasteiger partial charge is 0.377 e. The number of hydrogen-bond acceptors (Lipinski definition) is 1. The Labute approximate surface area is 98.8 Å². The quantitative estimate of drug-likeness (QED) is 0.724. The second-order valence-corrected chi connectivity index (χ2v) is 4.68. The summed E-state index contributed by atoms with van der Waals surface area (Å²) >= 11 is 0. The van der Waals surface area contributed by atoms with Crippen LogP contribution >= 0.6 is 0 Å². The molecule has 1 nitrogen and oxygen atoms in total. The van der Waals surface area contributed by atoms with Crippen molar-refractivity contribution >= 4 is 6.08 Å². The molecule has 0 N–H and O–H groups in total. The van der Waals surface area contributed by atoms with Crippen LogP contribution in [-0.4, -0.2) is 18.0 Å². The molecule has 1 fully saturated rings. The molecule has 1 heteroatoms. The number of likely N-dealkylation sites (tertiary alicyclic amines) is 1. The molecule has 1 aromatic carbocycles. The van der Waals surface area contributed by atoms with Gasteiger partial charge in [0.25, 0.3) is 0 Å². The Hall–Kier alpha value is -1.24. The van der Waals surface area contributed by atoms with E-state index in [1.54, 1.807) is 0 Å². The number of rotatable bonds is 2. The van der Waals surface area contributed by atoms with Crippen LogP contribution in [0.15, 0.2) is 30.5 Å². The fourth-order valence-corrected chi connectivity index (χ4v) is 2.11. The molecule has 0 atom stereocenters. The first-order chi connectivity index (χ1) is 7.84. The molecule has 86 valence electrons. The Kier molecular flexibility index (Phi) is 4.03. The molecule has 0 bridgehead atoms. The highest BCUT2D eigenvalue weighted by Crippen LogP contribution is 2.11. The van der Waals surface area contributed by atoms with Crippen LogP contribution in [0.25, 0.3) is 6.08 Å². The third-order valence-electron chi connectivity index (χ3n) is 3.20. The normalized spacial score (nSPS) is 17.7. The molecule has 2 rings (SSSR count). The van der Waals surface area contributed by atoms with Crippen molar-refractivity contribution in [3.63, 3.8) is 0 Å². The van der Waals surface area contributed by atoms with Gasteiger partial charge in [-0.3, -0.25) is 0 Å². The number of benzene rings is 1. The molecule has 0 amide bonds. The molecule has 0 spiro atoms. The minimum atomic E-state index is 1.22. The second-order valence-electron chi connectivity index (χ2n) is 4.68. The van der Waals surface area contributed by atoms with Crippen LogP contribution in [0, 0.1) is 6.92 Å². The van der Waals surface area contributed by atoms with Gasteiger partial charge in [0.05, 0.1) is 0 Å². The summed E-state index contributed by atoms with van der Waals surface area (Å²) in [6.45, 7) is 4.58. The van der Waals surface area contributed by atoms with Crippen LogP contribution < -0.4 is 0 Å². The van der Waals surface area contributed by atoms with Gasteiger partial charge in [0.15, 0.2) is 0 Å². The van der Waals surface area contributed by atoms with Crippen LogP contribution in [0.1, 0.15) is 36.8 Å². The van der Waals surface area contributed by atoms with E-state index in [0.29, 0.717) is 0 Å². The first-order valence-corrected chi connectivity index (χ1v) is 6.33. The highest BCUT2D eigenvalue weighted by Gasteiger charge is 2.03. The SMILES string of the molecule is Cc1ccc(/C=C/N2CCCCCC2)cc1. The zero-order valence-electron chi connectivity index (χ0n) is 10.2. The maximum absolute atomic E-state index is 2.45. The molecule has 0 unspecified atom stereocenters. The molecule has 16 heavy (non-hydrogen) atoms. The fourth-order valence-electron chi connectivity index (χ4n) is 2.11. The van der Waals surface area contributed by atoms with Crippen molar-refractivity contribution in [1.29, 1.82) is 0 Å². The molecule has 0 radical (unpaired) electrons. The van der Waals surface area contributed by atoms with Crippen LogP contribution in [0.5, 0.6) is 0 Å². The molecule has 1 saturated heterocycles. The lowest BCUT2D eigenvalue weighted by atomic mass is 10.1. The minimum absolute atomic E-state index is 1.22. The summed E-state index contributed by atoms with van der Waals surface area (Å²) in [5.74, 6) is 0. The third-order valence-corrected chi connectivity index (χ3v) is 3.20. The first-order valence-electron chi connectivity index (χ1n) is 6.33. The third kappa shape index (κ3) is 3.41. The Morgan fingerprint density at radius 3 is 2.19 bits per heavy atom. The van der Waals surface area contributed by atoms with Crippen LogP contribution in [0.2, 0.25) is 0 Å². The average molecular weight is 215 g/mol. The van der Waals surface area contributed by atoms with E-state index in [0.717, 1.165) is 0 Å². The van der Waals surface area contributed by atoms with Gasteiger partial charge in [-0.1, -0.05) is 42.7 Å². The van der Waals surface area contributed by atoms with Crippen molar-refractivity contribution in [1.82, 2.24) is 4.90 Å². The molecule has 0 aliphatic carbocycles. The van der Waals surface area contributed by atoms with Crippen molar-refractivity contribution in [2.24, 2.45) is 0 Å². The fraction of sp³-hybridized carbons (Fsp3) is 0.467. The number of nitrogens with zero attached hydrogens (tertiary/aromatic N) is 1. The van der Waals surface area contributed by atoms with Gasteiger partial charge in [0.1, 0.15) is 0 Å². The Morgan fingerprint density at radius 1 is 0.938 bits per heavy atom. The van der Waals surface area contributed by atoms with Gasteiger partial charge < -0.3 is 4.90 Å². The smallest absolute Gasteiger partial charge is 0.0172 e. The Balaban J connectivity index is 1.94. The predicted molar refractivity (Wildman–Crippen MR) is 70.3 cm³/mol. The van der Waals surface area contributed by atoms with Gasteiger partial charge >= 0.3 is 0 Å². The van der Waals surface area contributed by atoms with E-state index in [4.69, 9.17) is 0 Å². The van der Waals surface area contributed by atoms with E-state index < -0.39 is 0 Å². The number of hydrogen-bond donors (Lipinski definition) is 0. The highest BCUT2D eigenvalue weighted by molar-refractivity contribution is 5.49. The molecule has 1 heterocycles. The van der Waals surface area contributed by atoms with Gasteiger partial charge in [0, 0.05) is 13.1 Å². The highest BCUT2D eigenvalue weighted by atomic mass is 15.1. The monoisotopic (exact) mass is 215 g/mol. The summed E-state index contributed by atoms with van der Waals surface area (Å²) in [7, 11) is 0. The van der Waals surface area contributed by atoms with Crippen LogP contribution in [-0.2, 0) is 0 Å². The van der Waals surface area contributed by atoms with Crippen molar-refractivity contribution in [3.05, 3.63) is 41.6 Å². The van der Waals surface area contributed by atoms with E-state index in [-0.39, 0.29) is 0 Å². The minimum Gasteiger partial charge on any atom is -0.377 e. The van der Waals surface area contributed by atoms with Gasteiger partial charge in [-0.25, -0.2) is 0 Å². The van der Waals surface area contributed by atoms with E-state index in [1.165, 1.54) is 49.9 Å². The van der Waals surface area contributed by atoms with Gasteiger partial charge in [-0.05, 0) is 37.6 Å². The topological polar surface area (TPSA) is 3.24 Å². The van der Waals surface area contributed by atoms with Crippen molar-refractivity contribution in [2.75, 3.05) is 13.1 Å². The Morgan fingerprint density at radius 2 is 1.56 bits per heavy atom. The molecular weight excluding hydrogens is 194 g/mol. The summed E-state index contributed by atoms with van der Waals surface area (Å²) in [6.07, 6.45) is 9.97. The molecular formula is C15H21N. The summed E-state index contributed by atoms with van der Waals surface area (Å²) in [5, 5.41) is 0. The summed E-state index contributed by atoms with van der Waals surface area (Å²) in [6, 6.07) is 8.71.